The van der Waals surface area contributed by atoms with E-state index in [2.05, 4.69) is 20.3 Å². The van der Waals surface area contributed by atoms with Gasteiger partial charge < -0.3 is 10.1 Å². The van der Waals surface area contributed by atoms with Gasteiger partial charge in [0.25, 0.3) is 0 Å². The van der Waals surface area contributed by atoms with E-state index in [1.165, 1.54) is 18.5 Å². The summed E-state index contributed by atoms with van der Waals surface area (Å²) in [5, 5.41) is 2.72. The van der Waals surface area contributed by atoms with E-state index in [4.69, 9.17) is 4.74 Å². The lowest BCUT2D eigenvalue weighted by atomic mass is 10.1. The van der Waals surface area contributed by atoms with Crippen LogP contribution in [0, 0.1) is 5.82 Å². The first-order chi connectivity index (χ1) is 13.0. The van der Waals surface area contributed by atoms with E-state index < -0.39 is 5.82 Å². The fourth-order valence-electron chi connectivity index (χ4n) is 2.51. The molecule has 0 bridgehead atoms. The van der Waals surface area contributed by atoms with Crippen LogP contribution in [0.1, 0.15) is 19.4 Å². The van der Waals surface area contributed by atoms with Crippen LogP contribution in [0.15, 0.2) is 55.1 Å². The van der Waals surface area contributed by atoms with Crippen molar-refractivity contribution in [3.05, 3.63) is 66.5 Å². The van der Waals surface area contributed by atoms with Gasteiger partial charge in [0.1, 0.15) is 23.7 Å². The van der Waals surface area contributed by atoms with Crippen LogP contribution in [0.5, 0.6) is 5.75 Å². The van der Waals surface area contributed by atoms with Crippen LogP contribution in [-0.4, -0.2) is 27.0 Å². The number of ether oxygens (including phenoxy) is 1. The number of halogens is 1. The number of pyridine rings is 1. The minimum absolute atomic E-state index is 0.0743. The smallest absolute Gasteiger partial charge is 0.230 e. The Morgan fingerprint density at radius 3 is 2.81 bits per heavy atom. The molecule has 0 atom stereocenters. The lowest BCUT2D eigenvalue weighted by Gasteiger charge is -2.14. The number of hydrogen-bond donors (Lipinski definition) is 1. The van der Waals surface area contributed by atoms with Crippen LogP contribution in [0.3, 0.4) is 0 Å². The molecule has 2 heterocycles. The zero-order valence-electron chi connectivity index (χ0n) is 15.0. The highest BCUT2D eigenvalue weighted by Crippen LogP contribution is 2.31. The van der Waals surface area contributed by atoms with Gasteiger partial charge in [0.2, 0.25) is 5.91 Å². The number of aromatic nitrogens is 3. The molecule has 1 N–H and O–H groups in total. The van der Waals surface area contributed by atoms with Crippen LogP contribution in [0.2, 0.25) is 0 Å². The molecule has 3 aromatic rings. The van der Waals surface area contributed by atoms with Crippen molar-refractivity contribution >= 4 is 11.7 Å². The summed E-state index contributed by atoms with van der Waals surface area (Å²) in [7, 11) is 0. The molecule has 0 saturated heterocycles. The van der Waals surface area contributed by atoms with Crippen molar-refractivity contribution in [2.24, 2.45) is 0 Å². The van der Waals surface area contributed by atoms with Gasteiger partial charge in [-0.05, 0) is 43.7 Å². The zero-order chi connectivity index (χ0) is 19.2. The fraction of sp³-hybridized carbons (Fsp3) is 0.200. The maximum atomic E-state index is 13.7. The molecule has 3 rings (SSSR count). The Labute approximate surface area is 156 Å². The second-order valence-corrected chi connectivity index (χ2v) is 6.18. The summed E-state index contributed by atoms with van der Waals surface area (Å²) in [5.41, 5.74) is 1.74. The van der Waals surface area contributed by atoms with Crippen LogP contribution in [0.4, 0.5) is 10.2 Å². The maximum absolute atomic E-state index is 13.7. The molecular weight excluding hydrogens is 347 g/mol. The number of anilines is 1. The molecule has 1 aromatic carbocycles. The first-order valence-electron chi connectivity index (χ1n) is 8.48. The highest BCUT2D eigenvalue weighted by molar-refractivity contribution is 5.91. The quantitative estimate of drug-likeness (QED) is 0.721. The molecule has 2 aromatic heterocycles. The van der Waals surface area contributed by atoms with E-state index in [0.29, 0.717) is 22.8 Å². The van der Waals surface area contributed by atoms with E-state index in [9.17, 15) is 9.18 Å². The van der Waals surface area contributed by atoms with E-state index in [-0.39, 0.29) is 18.4 Å². The Bertz CT molecular complexity index is 932. The molecule has 0 spiro atoms. The number of carbonyl (C=O) groups excluding carboxylic acids is 1. The summed E-state index contributed by atoms with van der Waals surface area (Å²) in [4.78, 5) is 24.5. The topological polar surface area (TPSA) is 77.0 Å². The van der Waals surface area contributed by atoms with Crippen LogP contribution in [0.25, 0.3) is 11.3 Å². The predicted molar refractivity (Wildman–Crippen MR) is 99.8 cm³/mol. The third-order valence-electron chi connectivity index (χ3n) is 3.60. The lowest BCUT2D eigenvalue weighted by Crippen LogP contribution is -2.15. The minimum Gasteiger partial charge on any atom is -0.490 e. The average molecular weight is 366 g/mol. The van der Waals surface area contributed by atoms with E-state index in [1.807, 2.05) is 19.9 Å². The van der Waals surface area contributed by atoms with Crippen LogP contribution >= 0.6 is 0 Å². The number of amides is 1. The minimum atomic E-state index is -0.401. The normalized spacial score (nSPS) is 10.7. The molecule has 7 heteroatoms. The lowest BCUT2D eigenvalue weighted by molar-refractivity contribution is -0.115. The Hall–Kier alpha value is -3.35. The highest BCUT2D eigenvalue weighted by Gasteiger charge is 2.13. The zero-order valence-corrected chi connectivity index (χ0v) is 15.0. The molecule has 27 heavy (non-hydrogen) atoms. The Balaban J connectivity index is 1.81. The van der Waals surface area contributed by atoms with Gasteiger partial charge in [-0.3, -0.25) is 9.78 Å². The van der Waals surface area contributed by atoms with Gasteiger partial charge in [-0.15, -0.1) is 0 Å². The summed E-state index contributed by atoms with van der Waals surface area (Å²) >= 11 is 0. The largest absolute Gasteiger partial charge is 0.490 e. The molecule has 138 valence electrons. The van der Waals surface area contributed by atoms with E-state index in [1.54, 1.807) is 30.6 Å². The summed E-state index contributed by atoms with van der Waals surface area (Å²) < 4.78 is 19.5. The standard InChI is InChI=1S/C20H19FN4O2/c1-13(2)27-18-6-5-15(21)9-16(18)17-10-19(24-12-23-17)25-20(26)8-14-4-3-7-22-11-14/h3-7,9-13H,8H2,1-2H3,(H,23,24,25,26). The van der Waals surface area contributed by atoms with Crippen molar-refractivity contribution in [2.75, 3.05) is 5.32 Å². The number of nitrogens with one attached hydrogen (secondary N) is 1. The van der Waals surface area contributed by atoms with Crippen molar-refractivity contribution in [3.63, 3.8) is 0 Å². The van der Waals surface area contributed by atoms with E-state index >= 15 is 0 Å². The van der Waals surface area contributed by atoms with Gasteiger partial charge in [-0.2, -0.15) is 0 Å². The molecule has 1 amide bonds. The van der Waals surface area contributed by atoms with Crippen LogP contribution in [-0.2, 0) is 11.2 Å². The van der Waals surface area contributed by atoms with Gasteiger partial charge in [-0.25, -0.2) is 14.4 Å². The number of nitrogens with zero attached hydrogens (tertiary/aromatic N) is 3. The van der Waals surface area contributed by atoms with E-state index in [0.717, 1.165) is 5.56 Å². The molecule has 0 aliphatic rings. The number of benzene rings is 1. The molecule has 0 saturated carbocycles. The fourth-order valence-corrected chi connectivity index (χ4v) is 2.51. The van der Waals surface area contributed by atoms with Gasteiger partial charge in [0.15, 0.2) is 0 Å². The summed E-state index contributed by atoms with van der Waals surface area (Å²) in [6, 6.07) is 9.42. The highest BCUT2D eigenvalue weighted by atomic mass is 19.1. The summed E-state index contributed by atoms with van der Waals surface area (Å²) in [5.74, 6) is 0.207. The Morgan fingerprint density at radius 2 is 2.07 bits per heavy atom. The third kappa shape index (κ3) is 5.07. The van der Waals surface area contributed by atoms with Crippen molar-refractivity contribution in [1.82, 2.24) is 15.0 Å². The second-order valence-electron chi connectivity index (χ2n) is 6.18. The SMILES string of the molecule is CC(C)Oc1ccc(F)cc1-c1cc(NC(=O)Cc2cccnc2)ncn1. The molecule has 0 aliphatic carbocycles. The van der Waals surface area contributed by atoms with Crippen LogP contribution < -0.4 is 10.1 Å². The van der Waals surface area contributed by atoms with Gasteiger partial charge >= 0.3 is 0 Å². The maximum Gasteiger partial charge on any atom is 0.230 e. The van der Waals surface area contributed by atoms with Gasteiger partial charge in [0.05, 0.1) is 18.2 Å². The van der Waals surface area contributed by atoms with Crippen molar-refractivity contribution < 1.29 is 13.9 Å². The summed E-state index contributed by atoms with van der Waals surface area (Å²) in [6.07, 6.45) is 4.70. The molecular formula is C20H19FN4O2. The summed E-state index contributed by atoms with van der Waals surface area (Å²) in [6.45, 7) is 3.77. The Kier molecular flexibility index (Phi) is 5.71. The second kappa shape index (κ2) is 8.35. The van der Waals surface area contributed by atoms with Crippen molar-refractivity contribution in [1.29, 1.82) is 0 Å². The molecule has 0 unspecified atom stereocenters. The molecule has 0 aliphatic heterocycles. The first-order valence-corrected chi connectivity index (χ1v) is 8.48. The molecule has 0 fully saturated rings. The number of carbonyl (C=O) groups is 1. The first kappa shape index (κ1) is 18.4. The number of rotatable bonds is 6. The monoisotopic (exact) mass is 366 g/mol. The molecule has 6 nitrogen and oxygen atoms in total. The molecule has 0 radical (unpaired) electrons. The third-order valence-corrected chi connectivity index (χ3v) is 3.60. The van der Waals surface area contributed by atoms with Gasteiger partial charge in [0, 0.05) is 24.0 Å². The number of hydrogen-bond acceptors (Lipinski definition) is 5. The van der Waals surface area contributed by atoms with Gasteiger partial charge in [-0.1, -0.05) is 6.07 Å². The van der Waals surface area contributed by atoms with Crippen molar-refractivity contribution in [3.8, 4) is 17.0 Å². The predicted octanol–water partition coefficient (Wildman–Crippen LogP) is 3.65. The average Bonchev–Trinajstić information content (AvgIpc) is 2.64. The van der Waals surface area contributed by atoms with Crippen molar-refractivity contribution in [2.45, 2.75) is 26.4 Å². The Morgan fingerprint density at radius 1 is 1.22 bits per heavy atom.